The van der Waals surface area contributed by atoms with Gasteiger partial charge < -0.3 is 5.32 Å². The van der Waals surface area contributed by atoms with Crippen LogP contribution in [0.4, 0.5) is 0 Å². The number of aryl methyl sites for hydroxylation is 1. The molecule has 0 radical (unpaired) electrons. The molecular formula is C16H17ClN2O. The number of amides is 1. The minimum atomic E-state index is -0.116. The van der Waals surface area contributed by atoms with E-state index >= 15 is 0 Å². The molecule has 0 aliphatic rings. The van der Waals surface area contributed by atoms with E-state index in [4.69, 9.17) is 11.6 Å². The van der Waals surface area contributed by atoms with E-state index in [1.807, 2.05) is 25.1 Å². The number of halogens is 1. The summed E-state index contributed by atoms with van der Waals surface area (Å²) in [6, 6.07) is 13.6. The van der Waals surface area contributed by atoms with Gasteiger partial charge in [-0.3, -0.25) is 4.79 Å². The first-order valence-corrected chi connectivity index (χ1v) is 6.99. The number of carbonyl (C=O) groups is 1. The highest BCUT2D eigenvalue weighted by atomic mass is 35.5. The zero-order valence-corrected chi connectivity index (χ0v) is 12.1. The summed E-state index contributed by atoms with van der Waals surface area (Å²) in [7, 11) is 0. The highest BCUT2D eigenvalue weighted by Gasteiger charge is 2.10. The minimum Gasteiger partial charge on any atom is -0.350 e. The van der Waals surface area contributed by atoms with Crippen LogP contribution in [0.15, 0.2) is 48.7 Å². The zero-order chi connectivity index (χ0) is 14.4. The van der Waals surface area contributed by atoms with E-state index in [1.54, 1.807) is 12.1 Å². The second-order valence-electron chi connectivity index (χ2n) is 4.77. The second kappa shape index (κ2) is 7.06. The largest absolute Gasteiger partial charge is 0.350 e. The number of hydrogen-bond acceptors (Lipinski definition) is 2. The molecule has 2 aromatic rings. The number of carbonyl (C=O) groups excluding carboxylic acids is 1. The molecule has 1 atom stereocenters. The lowest BCUT2D eigenvalue weighted by Crippen LogP contribution is -2.32. The maximum Gasteiger partial charge on any atom is 0.251 e. The summed E-state index contributed by atoms with van der Waals surface area (Å²) in [6.07, 6.45) is 3.37. The van der Waals surface area contributed by atoms with E-state index in [1.165, 1.54) is 11.8 Å². The molecule has 0 fully saturated rings. The molecule has 0 spiro atoms. The maximum absolute atomic E-state index is 12.0. The first-order chi connectivity index (χ1) is 9.65. The lowest BCUT2D eigenvalue weighted by atomic mass is 10.1. The van der Waals surface area contributed by atoms with Crippen LogP contribution >= 0.6 is 11.6 Å². The molecule has 1 heterocycles. The molecule has 104 valence electrons. The summed E-state index contributed by atoms with van der Waals surface area (Å²) in [4.78, 5) is 15.9. The minimum absolute atomic E-state index is 0.106. The summed E-state index contributed by atoms with van der Waals surface area (Å²) < 4.78 is 0. The number of pyridine rings is 1. The van der Waals surface area contributed by atoms with Gasteiger partial charge in [-0.2, -0.15) is 0 Å². The number of benzene rings is 1. The Bertz CT molecular complexity index is 572. The van der Waals surface area contributed by atoms with Crippen LogP contribution in [-0.4, -0.2) is 16.9 Å². The van der Waals surface area contributed by atoms with Crippen molar-refractivity contribution >= 4 is 17.5 Å². The molecule has 1 unspecified atom stereocenters. The Morgan fingerprint density at radius 1 is 1.30 bits per heavy atom. The zero-order valence-electron chi connectivity index (χ0n) is 11.3. The van der Waals surface area contributed by atoms with Gasteiger partial charge in [-0.15, -0.1) is 0 Å². The molecule has 3 nitrogen and oxygen atoms in total. The van der Waals surface area contributed by atoms with Crippen LogP contribution in [0.1, 0.15) is 29.3 Å². The van der Waals surface area contributed by atoms with Crippen molar-refractivity contribution in [2.45, 2.75) is 25.8 Å². The first kappa shape index (κ1) is 14.5. The van der Waals surface area contributed by atoms with Crippen LogP contribution in [-0.2, 0) is 6.42 Å². The predicted octanol–water partition coefficient (Wildman–Crippen LogP) is 3.49. The van der Waals surface area contributed by atoms with Gasteiger partial charge in [0.05, 0.1) is 0 Å². The molecule has 1 aromatic heterocycles. The van der Waals surface area contributed by atoms with Crippen LogP contribution in [0.2, 0.25) is 5.15 Å². The first-order valence-electron chi connectivity index (χ1n) is 6.61. The van der Waals surface area contributed by atoms with Crippen molar-refractivity contribution < 1.29 is 4.79 Å². The Kier molecular flexibility index (Phi) is 5.13. The Hall–Kier alpha value is -1.87. The molecular weight excluding hydrogens is 272 g/mol. The SMILES string of the molecule is CC(CCc1ccccc1)NC(=O)c1ccnc(Cl)c1. The number of hydrogen-bond donors (Lipinski definition) is 1. The van der Waals surface area contributed by atoms with E-state index in [-0.39, 0.29) is 11.9 Å². The smallest absolute Gasteiger partial charge is 0.251 e. The van der Waals surface area contributed by atoms with Gasteiger partial charge in [0.2, 0.25) is 0 Å². The number of rotatable bonds is 5. The van der Waals surface area contributed by atoms with Gasteiger partial charge >= 0.3 is 0 Å². The van der Waals surface area contributed by atoms with Crippen molar-refractivity contribution in [2.75, 3.05) is 0 Å². The second-order valence-corrected chi connectivity index (χ2v) is 5.15. The van der Waals surface area contributed by atoms with E-state index in [0.717, 1.165) is 12.8 Å². The monoisotopic (exact) mass is 288 g/mol. The predicted molar refractivity (Wildman–Crippen MR) is 80.9 cm³/mol. The Morgan fingerprint density at radius 3 is 2.75 bits per heavy atom. The third-order valence-electron chi connectivity index (χ3n) is 3.08. The van der Waals surface area contributed by atoms with Crippen LogP contribution in [0.25, 0.3) is 0 Å². The standard InChI is InChI=1S/C16H17ClN2O/c1-12(7-8-13-5-3-2-4-6-13)19-16(20)14-9-10-18-15(17)11-14/h2-6,9-12H,7-8H2,1H3,(H,19,20). The molecule has 0 aliphatic heterocycles. The van der Waals surface area contributed by atoms with Gasteiger partial charge in [0.1, 0.15) is 5.15 Å². The summed E-state index contributed by atoms with van der Waals surface area (Å²) in [5.41, 5.74) is 1.82. The number of nitrogens with zero attached hydrogens (tertiary/aromatic N) is 1. The van der Waals surface area contributed by atoms with Gasteiger partial charge in [-0.25, -0.2) is 4.98 Å². The summed E-state index contributed by atoms with van der Waals surface area (Å²) in [5, 5.41) is 3.30. The molecule has 0 saturated heterocycles. The fourth-order valence-electron chi connectivity index (χ4n) is 1.95. The Labute approximate surface area is 124 Å². The Balaban J connectivity index is 1.85. The fourth-order valence-corrected chi connectivity index (χ4v) is 2.12. The van der Waals surface area contributed by atoms with Crippen LogP contribution in [0.3, 0.4) is 0 Å². The van der Waals surface area contributed by atoms with Crippen molar-refractivity contribution in [1.82, 2.24) is 10.3 Å². The highest BCUT2D eigenvalue weighted by Crippen LogP contribution is 2.08. The average molecular weight is 289 g/mol. The summed E-state index contributed by atoms with van der Waals surface area (Å²) in [5.74, 6) is -0.116. The van der Waals surface area contributed by atoms with Crippen molar-refractivity contribution in [3.8, 4) is 0 Å². The van der Waals surface area contributed by atoms with Gasteiger partial charge in [-0.1, -0.05) is 41.9 Å². The molecule has 1 aromatic carbocycles. The third-order valence-corrected chi connectivity index (χ3v) is 3.28. The van der Waals surface area contributed by atoms with Gasteiger partial charge in [0.25, 0.3) is 5.91 Å². The molecule has 20 heavy (non-hydrogen) atoms. The number of aromatic nitrogens is 1. The van der Waals surface area contributed by atoms with Gasteiger partial charge in [-0.05, 0) is 37.5 Å². The van der Waals surface area contributed by atoms with Crippen molar-refractivity contribution in [1.29, 1.82) is 0 Å². The lowest BCUT2D eigenvalue weighted by molar-refractivity contribution is 0.0938. The highest BCUT2D eigenvalue weighted by molar-refractivity contribution is 6.29. The van der Waals surface area contributed by atoms with Crippen LogP contribution in [0.5, 0.6) is 0 Å². The normalized spacial score (nSPS) is 11.9. The fraction of sp³-hybridized carbons (Fsp3) is 0.250. The summed E-state index contributed by atoms with van der Waals surface area (Å²) in [6.45, 7) is 2.00. The molecule has 4 heteroatoms. The van der Waals surface area contributed by atoms with E-state index in [9.17, 15) is 4.79 Å². The maximum atomic E-state index is 12.0. The van der Waals surface area contributed by atoms with E-state index in [2.05, 4.69) is 22.4 Å². The molecule has 1 N–H and O–H groups in total. The van der Waals surface area contributed by atoms with E-state index < -0.39 is 0 Å². The topological polar surface area (TPSA) is 42.0 Å². The quantitative estimate of drug-likeness (QED) is 0.856. The van der Waals surface area contributed by atoms with Crippen molar-refractivity contribution in [3.05, 3.63) is 64.9 Å². The van der Waals surface area contributed by atoms with Crippen molar-refractivity contribution in [2.24, 2.45) is 0 Å². The number of nitrogens with one attached hydrogen (secondary N) is 1. The molecule has 0 bridgehead atoms. The molecule has 0 aliphatic carbocycles. The van der Waals surface area contributed by atoms with Crippen LogP contribution in [0, 0.1) is 0 Å². The van der Waals surface area contributed by atoms with Crippen LogP contribution < -0.4 is 5.32 Å². The Morgan fingerprint density at radius 2 is 2.05 bits per heavy atom. The average Bonchev–Trinajstić information content (AvgIpc) is 2.46. The van der Waals surface area contributed by atoms with E-state index in [0.29, 0.717) is 10.7 Å². The molecule has 2 rings (SSSR count). The van der Waals surface area contributed by atoms with Gasteiger partial charge in [0.15, 0.2) is 0 Å². The lowest BCUT2D eigenvalue weighted by Gasteiger charge is -2.14. The van der Waals surface area contributed by atoms with Crippen molar-refractivity contribution in [3.63, 3.8) is 0 Å². The third kappa shape index (κ3) is 4.35. The molecule has 0 saturated carbocycles. The molecule has 1 amide bonds. The summed E-state index contributed by atoms with van der Waals surface area (Å²) >= 11 is 5.78. The van der Waals surface area contributed by atoms with Gasteiger partial charge in [0, 0.05) is 17.8 Å².